The first-order chi connectivity index (χ1) is 13.4. The molecule has 1 saturated heterocycles. The van der Waals surface area contributed by atoms with Crippen LogP contribution < -0.4 is 15.4 Å². The molecular formula is C20H27N5O3. The lowest BCUT2D eigenvalue weighted by atomic mass is 9.90. The molecule has 2 amide bonds. The van der Waals surface area contributed by atoms with Gasteiger partial charge in [0.2, 0.25) is 5.91 Å². The Morgan fingerprint density at radius 2 is 2.14 bits per heavy atom. The number of ether oxygens (including phenoxy) is 1. The lowest BCUT2D eigenvalue weighted by molar-refractivity contribution is -0.119. The van der Waals surface area contributed by atoms with Crippen molar-refractivity contribution in [3.05, 3.63) is 41.7 Å². The maximum atomic E-state index is 13.0. The number of anilines is 1. The van der Waals surface area contributed by atoms with Crippen LogP contribution in [0.1, 0.15) is 28.8 Å². The summed E-state index contributed by atoms with van der Waals surface area (Å²) < 4.78 is 7.38. The van der Waals surface area contributed by atoms with Crippen LogP contribution in [0.3, 0.4) is 0 Å². The van der Waals surface area contributed by atoms with E-state index in [1.807, 2.05) is 20.2 Å². The van der Waals surface area contributed by atoms with Gasteiger partial charge in [0.1, 0.15) is 5.75 Å². The zero-order chi connectivity index (χ0) is 20.3. The number of carbonyl (C=O) groups excluding carboxylic acids is 2. The zero-order valence-electron chi connectivity index (χ0n) is 16.7. The standard InChI is InChI=1S/C20H27N5O3/c1-5-28-18-7-6-13(20(27)24(2)3)8-17(18)23-19(26)16-11-21-10-15(16)14-9-22-25(4)12-14/h6-9,12,15-16,21H,5,10-11H2,1-4H3,(H,23,26)/t15-,16+/m1/s1. The van der Waals surface area contributed by atoms with Crippen LogP contribution >= 0.6 is 0 Å². The van der Waals surface area contributed by atoms with E-state index in [-0.39, 0.29) is 23.7 Å². The van der Waals surface area contributed by atoms with Crippen molar-refractivity contribution in [3.63, 3.8) is 0 Å². The van der Waals surface area contributed by atoms with Crippen molar-refractivity contribution in [1.82, 2.24) is 20.0 Å². The van der Waals surface area contributed by atoms with Gasteiger partial charge in [-0.1, -0.05) is 0 Å². The molecule has 0 saturated carbocycles. The van der Waals surface area contributed by atoms with Gasteiger partial charge in [-0.25, -0.2) is 0 Å². The maximum Gasteiger partial charge on any atom is 0.253 e. The Bertz CT molecular complexity index is 861. The largest absolute Gasteiger partial charge is 0.492 e. The number of carbonyl (C=O) groups is 2. The molecule has 0 unspecified atom stereocenters. The molecule has 1 fully saturated rings. The quantitative estimate of drug-likeness (QED) is 0.786. The summed E-state index contributed by atoms with van der Waals surface area (Å²) in [5.74, 6) is 0.140. The normalized spacial score (nSPS) is 18.7. The fourth-order valence-electron chi connectivity index (χ4n) is 3.46. The highest BCUT2D eigenvalue weighted by atomic mass is 16.5. The number of hydrogen-bond acceptors (Lipinski definition) is 5. The third-order valence-corrected chi connectivity index (χ3v) is 4.89. The fraction of sp³-hybridized carbons (Fsp3) is 0.450. The maximum absolute atomic E-state index is 13.0. The van der Waals surface area contributed by atoms with Gasteiger partial charge >= 0.3 is 0 Å². The second-order valence-corrected chi connectivity index (χ2v) is 7.15. The van der Waals surface area contributed by atoms with Gasteiger partial charge in [-0.3, -0.25) is 14.3 Å². The Morgan fingerprint density at radius 1 is 1.36 bits per heavy atom. The molecule has 2 aromatic rings. The first kappa shape index (κ1) is 19.9. The van der Waals surface area contributed by atoms with Gasteiger partial charge in [-0.15, -0.1) is 0 Å². The molecule has 1 aliphatic rings. The number of nitrogens with zero attached hydrogens (tertiary/aromatic N) is 3. The summed E-state index contributed by atoms with van der Waals surface area (Å²) in [6, 6.07) is 5.10. The molecule has 1 aliphatic heterocycles. The van der Waals surface area contributed by atoms with E-state index in [0.29, 0.717) is 30.2 Å². The van der Waals surface area contributed by atoms with E-state index in [2.05, 4.69) is 15.7 Å². The molecule has 0 bridgehead atoms. The van der Waals surface area contributed by atoms with E-state index >= 15 is 0 Å². The Balaban J connectivity index is 1.83. The van der Waals surface area contributed by atoms with Crippen molar-refractivity contribution in [2.24, 2.45) is 13.0 Å². The predicted molar refractivity (Wildman–Crippen MR) is 107 cm³/mol. The number of nitrogens with one attached hydrogen (secondary N) is 2. The van der Waals surface area contributed by atoms with Gasteiger partial charge in [0, 0.05) is 51.9 Å². The van der Waals surface area contributed by atoms with E-state index in [1.54, 1.807) is 43.2 Å². The van der Waals surface area contributed by atoms with Gasteiger partial charge in [-0.2, -0.15) is 5.10 Å². The number of hydrogen-bond donors (Lipinski definition) is 2. The predicted octanol–water partition coefficient (Wildman–Crippen LogP) is 1.46. The lowest BCUT2D eigenvalue weighted by Crippen LogP contribution is -2.28. The number of aryl methyl sites for hydroxylation is 1. The minimum Gasteiger partial charge on any atom is -0.492 e. The van der Waals surface area contributed by atoms with E-state index in [1.165, 1.54) is 4.90 Å². The first-order valence-electron chi connectivity index (χ1n) is 9.39. The topological polar surface area (TPSA) is 88.5 Å². The van der Waals surface area contributed by atoms with E-state index < -0.39 is 0 Å². The van der Waals surface area contributed by atoms with Crippen LogP contribution in [0.25, 0.3) is 0 Å². The van der Waals surface area contributed by atoms with Crippen molar-refractivity contribution in [2.45, 2.75) is 12.8 Å². The summed E-state index contributed by atoms with van der Waals surface area (Å²) >= 11 is 0. The molecule has 2 heterocycles. The summed E-state index contributed by atoms with van der Waals surface area (Å²) in [7, 11) is 5.25. The summed E-state index contributed by atoms with van der Waals surface area (Å²) in [5.41, 5.74) is 2.04. The van der Waals surface area contributed by atoms with Gasteiger partial charge in [0.05, 0.1) is 24.4 Å². The van der Waals surface area contributed by atoms with Gasteiger partial charge in [0.15, 0.2) is 0 Å². The third kappa shape index (κ3) is 4.17. The van der Waals surface area contributed by atoms with E-state index in [9.17, 15) is 9.59 Å². The van der Waals surface area contributed by atoms with Crippen LogP contribution in [0.5, 0.6) is 5.75 Å². The second kappa shape index (κ2) is 8.43. The Kier molecular flexibility index (Phi) is 5.99. The van der Waals surface area contributed by atoms with Crippen LogP contribution in [0.4, 0.5) is 5.69 Å². The minimum atomic E-state index is -0.230. The van der Waals surface area contributed by atoms with Crippen molar-refractivity contribution >= 4 is 17.5 Å². The monoisotopic (exact) mass is 385 g/mol. The molecule has 8 heteroatoms. The number of rotatable bonds is 6. The molecule has 1 aromatic carbocycles. The zero-order valence-corrected chi connectivity index (χ0v) is 16.7. The van der Waals surface area contributed by atoms with Gasteiger partial charge < -0.3 is 20.3 Å². The molecule has 8 nitrogen and oxygen atoms in total. The average molecular weight is 385 g/mol. The molecule has 3 rings (SSSR count). The van der Waals surface area contributed by atoms with Gasteiger partial charge in [0.25, 0.3) is 5.91 Å². The molecule has 0 aliphatic carbocycles. The summed E-state index contributed by atoms with van der Waals surface area (Å²) in [5, 5.41) is 10.5. The lowest BCUT2D eigenvalue weighted by Gasteiger charge is -2.19. The molecule has 28 heavy (non-hydrogen) atoms. The minimum absolute atomic E-state index is 0.0517. The molecule has 2 atom stereocenters. The summed E-state index contributed by atoms with van der Waals surface area (Å²) in [6.07, 6.45) is 3.75. The molecular weight excluding hydrogens is 358 g/mol. The summed E-state index contributed by atoms with van der Waals surface area (Å²) in [4.78, 5) is 26.8. The Hall–Kier alpha value is -2.87. The number of aromatic nitrogens is 2. The highest BCUT2D eigenvalue weighted by molar-refractivity contribution is 5.99. The second-order valence-electron chi connectivity index (χ2n) is 7.15. The molecule has 1 aromatic heterocycles. The van der Waals surface area contributed by atoms with Crippen LogP contribution in [0, 0.1) is 5.92 Å². The average Bonchev–Trinajstić information content (AvgIpc) is 3.31. The highest BCUT2D eigenvalue weighted by Gasteiger charge is 2.35. The smallest absolute Gasteiger partial charge is 0.253 e. The molecule has 150 valence electrons. The molecule has 0 spiro atoms. The first-order valence-corrected chi connectivity index (χ1v) is 9.39. The Labute approximate surface area is 164 Å². The molecule has 2 N–H and O–H groups in total. The van der Waals surface area contributed by atoms with Crippen LogP contribution in [0.15, 0.2) is 30.6 Å². The van der Waals surface area contributed by atoms with E-state index in [4.69, 9.17) is 4.74 Å². The Morgan fingerprint density at radius 3 is 2.79 bits per heavy atom. The van der Waals surface area contributed by atoms with Crippen molar-refractivity contribution in [3.8, 4) is 5.75 Å². The van der Waals surface area contributed by atoms with E-state index in [0.717, 1.165) is 12.1 Å². The SMILES string of the molecule is CCOc1ccc(C(=O)N(C)C)cc1NC(=O)[C@H]1CNC[C@@H]1c1cnn(C)c1. The molecule has 0 radical (unpaired) electrons. The van der Waals surface area contributed by atoms with Crippen molar-refractivity contribution < 1.29 is 14.3 Å². The van der Waals surface area contributed by atoms with Crippen LogP contribution in [0.2, 0.25) is 0 Å². The highest BCUT2D eigenvalue weighted by Crippen LogP contribution is 2.31. The van der Waals surface area contributed by atoms with Crippen molar-refractivity contribution in [1.29, 1.82) is 0 Å². The third-order valence-electron chi connectivity index (χ3n) is 4.89. The van der Waals surface area contributed by atoms with Crippen LogP contribution in [-0.2, 0) is 11.8 Å². The number of benzene rings is 1. The summed E-state index contributed by atoms with van der Waals surface area (Å²) in [6.45, 7) is 3.66. The number of amides is 2. The van der Waals surface area contributed by atoms with Crippen LogP contribution in [-0.4, -0.2) is 60.3 Å². The van der Waals surface area contributed by atoms with Crippen molar-refractivity contribution in [2.75, 3.05) is 39.1 Å². The van der Waals surface area contributed by atoms with Gasteiger partial charge in [-0.05, 0) is 30.7 Å². The fourth-order valence-corrected chi connectivity index (χ4v) is 3.46.